The lowest BCUT2D eigenvalue weighted by Crippen LogP contribution is -2.19. The summed E-state index contributed by atoms with van der Waals surface area (Å²) in [5, 5.41) is 3.84. The van der Waals surface area contributed by atoms with E-state index in [9.17, 15) is 4.79 Å². The van der Waals surface area contributed by atoms with E-state index in [1.807, 2.05) is 29.9 Å². The molecule has 0 atom stereocenters. The molecule has 0 aliphatic rings. The molecule has 0 aliphatic carbocycles. The summed E-state index contributed by atoms with van der Waals surface area (Å²) in [4.78, 5) is 19.2. The summed E-state index contributed by atoms with van der Waals surface area (Å²) in [7, 11) is 1.89. The van der Waals surface area contributed by atoms with E-state index >= 15 is 0 Å². The molecule has 2 heterocycles. The molecule has 1 N–H and O–H groups in total. The van der Waals surface area contributed by atoms with Gasteiger partial charge in [-0.3, -0.25) is 9.78 Å². The number of carbonyl (C=O) groups is 1. The molecule has 0 aromatic carbocycles. The van der Waals surface area contributed by atoms with Crippen LogP contribution in [-0.2, 0) is 7.05 Å². The number of carbonyl (C=O) groups excluding carboxylic acids is 1. The van der Waals surface area contributed by atoms with Crippen molar-refractivity contribution in [2.24, 2.45) is 12.1 Å². The first-order valence-corrected chi connectivity index (χ1v) is 4.98. The molecule has 86 valence electrons. The minimum Gasteiger partial charge on any atom is -0.350 e. The third-order valence-electron chi connectivity index (χ3n) is 2.14. The molecule has 1 amide bonds. The van der Waals surface area contributed by atoms with Crippen LogP contribution in [0.3, 0.4) is 0 Å². The Kier molecular flexibility index (Phi) is 3.25. The van der Waals surface area contributed by atoms with Crippen LogP contribution in [0.4, 0.5) is 0 Å². The summed E-state index contributed by atoms with van der Waals surface area (Å²) in [6.45, 7) is 0. The van der Waals surface area contributed by atoms with Gasteiger partial charge >= 0.3 is 0 Å². The van der Waals surface area contributed by atoms with Crippen molar-refractivity contribution < 1.29 is 4.79 Å². The number of hydrogen-bond donors (Lipinski definition) is 1. The van der Waals surface area contributed by atoms with Crippen LogP contribution in [0.5, 0.6) is 0 Å². The predicted octanol–water partition coefficient (Wildman–Crippen LogP) is 0.579. The van der Waals surface area contributed by atoms with Crippen LogP contribution < -0.4 is 5.43 Å². The SMILES string of the molecule is Cn1cccc1C=NNC(=O)c1cnccn1. The molecule has 2 aromatic heterocycles. The van der Waals surface area contributed by atoms with E-state index in [0.29, 0.717) is 0 Å². The van der Waals surface area contributed by atoms with Gasteiger partial charge in [0, 0.05) is 25.6 Å². The second-order valence-electron chi connectivity index (χ2n) is 3.33. The van der Waals surface area contributed by atoms with Crippen molar-refractivity contribution in [3.8, 4) is 0 Å². The summed E-state index contributed by atoms with van der Waals surface area (Å²) in [5.41, 5.74) is 3.51. The van der Waals surface area contributed by atoms with Crippen molar-refractivity contribution >= 4 is 12.1 Å². The largest absolute Gasteiger partial charge is 0.350 e. The molecule has 2 aromatic rings. The highest BCUT2D eigenvalue weighted by Crippen LogP contribution is 1.95. The van der Waals surface area contributed by atoms with Crippen LogP contribution in [0.2, 0.25) is 0 Å². The summed E-state index contributed by atoms with van der Waals surface area (Å²) in [5.74, 6) is -0.386. The third kappa shape index (κ3) is 2.75. The van der Waals surface area contributed by atoms with E-state index in [1.54, 1.807) is 6.21 Å². The topological polar surface area (TPSA) is 72.2 Å². The van der Waals surface area contributed by atoms with Gasteiger partial charge in [0.15, 0.2) is 0 Å². The molecule has 17 heavy (non-hydrogen) atoms. The lowest BCUT2D eigenvalue weighted by Gasteiger charge is -1.98. The van der Waals surface area contributed by atoms with Crippen LogP contribution in [0, 0.1) is 0 Å². The summed E-state index contributed by atoms with van der Waals surface area (Å²) < 4.78 is 1.89. The molecule has 0 unspecified atom stereocenters. The van der Waals surface area contributed by atoms with E-state index in [4.69, 9.17) is 0 Å². The maximum Gasteiger partial charge on any atom is 0.291 e. The summed E-state index contributed by atoms with van der Waals surface area (Å²) >= 11 is 0. The van der Waals surface area contributed by atoms with Gasteiger partial charge in [0.1, 0.15) is 5.69 Å². The lowest BCUT2D eigenvalue weighted by atomic mass is 10.4. The Labute approximate surface area is 98.0 Å². The van der Waals surface area contributed by atoms with Crippen LogP contribution in [0.25, 0.3) is 0 Å². The first kappa shape index (κ1) is 11.0. The molecule has 0 radical (unpaired) electrons. The van der Waals surface area contributed by atoms with E-state index in [2.05, 4.69) is 20.5 Å². The fraction of sp³-hybridized carbons (Fsp3) is 0.0909. The molecular formula is C11H11N5O. The van der Waals surface area contributed by atoms with Crippen LogP contribution in [-0.4, -0.2) is 26.7 Å². The van der Waals surface area contributed by atoms with Crippen molar-refractivity contribution in [3.05, 3.63) is 48.3 Å². The fourth-order valence-corrected chi connectivity index (χ4v) is 1.24. The van der Waals surface area contributed by atoms with Gasteiger partial charge in [-0.2, -0.15) is 5.10 Å². The van der Waals surface area contributed by atoms with Crippen molar-refractivity contribution in [2.75, 3.05) is 0 Å². The number of nitrogens with zero attached hydrogens (tertiary/aromatic N) is 4. The Morgan fingerprint density at radius 2 is 2.41 bits per heavy atom. The Bertz CT molecular complexity index is 532. The smallest absolute Gasteiger partial charge is 0.291 e. The number of rotatable bonds is 3. The molecule has 0 spiro atoms. The zero-order valence-electron chi connectivity index (χ0n) is 9.24. The van der Waals surface area contributed by atoms with Gasteiger partial charge in [-0.25, -0.2) is 10.4 Å². The number of amides is 1. The lowest BCUT2D eigenvalue weighted by molar-refractivity contribution is 0.0949. The van der Waals surface area contributed by atoms with Gasteiger partial charge in [0.2, 0.25) is 0 Å². The Hall–Kier alpha value is -2.50. The molecule has 0 saturated heterocycles. The van der Waals surface area contributed by atoms with Gasteiger partial charge in [-0.15, -0.1) is 0 Å². The molecule has 6 nitrogen and oxygen atoms in total. The Balaban J connectivity index is 1.97. The molecule has 2 rings (SSSR count). The van der Waals surface area contributed by atoms with Crippen molar-refractivity contribution in [2.45, 2.75) is 0 Å². The molecule has 6 heteroatoms. The van der Waals surface area contributed by atoms with E-state index in [1.165, 1.54) is 18.6 Å². The number of aromatic nitrogens is 3. The summed E-state index contributed by atoms with van der Waals surface area (Å²) in [6.07, 6.45) is 7.80. The number of nitrogens with one attached hydrogen (secondary N) is 1. The third-order valence-corrected chi connectivity index (χ3v) is 2.14. The van der Waals surface area contributed by atoms with Gasteiger partial charge in [0.05, 0.1) is 18.1 Å². The maximum absolute atomic E-state index is 11.5. The van der Waals surface area contributed by atoms with E-state index < -0.39 is 0 Å². The second-order valence-corrected chi connectivity index (χ2v) is 3.33. The van der Waals surface area contributed by atoms with Crippen LogP contribution in [0.1, 0.15) is 16.2 Å². The normalized spacial score (nSPS) is 10.6. The van der Waals surface area contributed by atoms with Crippen molar-refractivity contribution in [3.63, 3.8) is 0 Å². The molecular weight excluding hydrogens is 218 g/mol. The van der Waals surface area contributed by atoms with Crippen LogP contribution in [0.15, 0.2) is 42.0 Å². The molecule has 0 saturated carbocycles. The van der Waals surface area contributed by atoms with Gasteiger partial charge in [-0.1, -0.05) is 0 Å². The highest BCUT2D eigenvalue weighted by Gasteiger charge is 2.04. The highest BCUT2D eigenvalue weighted by atomic mass is 16.2. The van der Waals surface area contributed by atoms with Gasteiger partial charge < -0.3 is 4.57 Å². The number of hydrazone groups is 1. The standard InChI is InChI=1S/C11H11N5O/c1-16-6-2-3-9(16)7-14-15-11(17)10-8-12-4-5-13-10/h2-8H,1H3,(H,15,17). The second kappa shape index (κ2) is 5.02. The number of aryl methyl sites for hydroxylation is 1. The highest BCUT2D eigenvalue weighted by molar-refractivity contribution is 5.92. The minimum absolute atomic E-state index is 0.233. The first-order chi connectivity index (χ1) is 8.27. The first-order valence-electron chi connectivity index (χ1n) is 4.98. The average molecular weight is 229 g/mol. The van der Waals surface area contributed by atoms with Gasteiger partial charge in [-0.05, 0) is 12.1 Å². The minimum atomic E-state index is -0.386. The Morgan fingerprint density at radius 3 is 3.06 bits per heavy atom. The summed E-state index contributed by atoms with van der Waals surface area (Å²) in [6, 6.07) is 3.78. The number of hydrogen-bond acceptors (Lipinski definition) is 4. The molecule has 0 fully saturated rings. The monoisotopic (exact) mass is 229 g/mol. The quantitative estimate of drug-likeness (QED) is 0.618. The molecule has 0 bridgehead atoms. The maximum atomic E-state index is 11.5. The predicted molar refractivity (Wildman–Crippen MR) is 62.5 cm³/mol. The average Bonchev–Trinajstić information content (AvgIpc) is 2.76. The Morgan fingerprint density at radius 1 is 1.53 bits per heavy atom. The van der Waals surface area contributed by atoms with E-state index in [-0.39, 0.29) is 11.6 Å². The zero-order chi connectivity index (χ0) is 12.1. The molecule has 0 aliphatic heterocycles. The van der Waals surface area contributed by atoms with Gasteiger partial charge in [0.25, 0.3) is 5.91 Å². The van der Waals surface area contributed by atoms with Crippen molar-refractivity contribution in [1.29, 1.82) is 0 Å². The fourth-order valence-electron chi connectivity index (χ4n) is 1.24. The van der Waals surface area contributed by atoms with Crippen molar-refractivity contribution in [1.82, 2.24) is 20.0 Å². The van der Waals surface area contributed by atoms with E-state index in [0.717, 1.165) is 5.69 Å². The zero-order valence-corrected chi connectivity index (χ0v) is 9.24. The van der Waals surface area contributed by atoms with Crippen LogP contribution >= 0.6 is 0 Å².